The molecule has 2 aromatic heterocycles. The van der Waals surface area contributed by atoms with E-state index in [4.69, 9.17) is 5.73 Å². The van der Waals surface area contributed by atoms with Crippen molar-refractivity contribution in [3.63, 3.8) is 0 Å². The number of nitrogens with zero attached hydrogens (tertiary/aromatic N) is 3. The number of carbonyl (C=O) groups is 1. The molecule has 168 valence electrons. The maximum atomic E-state index is 12.7. The second-order valence-electron chi connectivity index (χ2n) is 8.93. The average Bonchev–Trinajstić information content (AvgIpc) is 3.09. The number of fused-ring (bicyclic) bond motifs is 1. The van der Waals surface area contributed by atoms with Gasteiger partial charge in [0.25, 0.3) is 5.91 Å². The van der Waals surface area contributed by atoms with Gasteiger partial charge in [0.2, 0.25) is 0 Å². The van der Waals surface area contributed by atoms with Crippen molar-refractivity contribution in [2.75, 3.05) is 43.4 Å². The molecule has 1 aliphatic carbocycles. The van der Waals surface area contributed by atoms with Crippen molar-refractivity contribution in [1.82, 2.24) is 15.2 Å². The molecule has 7 heteroatoms. The Balaban J connectivity index is 1.12. The van der Waals surface area contributed by atoms with Gasteiger partial charge in [-0.1, -0.05) is 18.6 Å². The van der Waals surface area contributed by atoms with E-state index in [0.29, 0.717) is 17.1 Å². The molecule has 2 aliphatic rings. The fraction of sp³-hybridized carbons (Fsp3) is 0.440. The number of carbonyl (C=O) groups excluding carboxylic acids is 1. The number of hydrogen-bond acceptors (Lipinski definition) is 6. The summed E-state index contributed by atoms with van der Waals surface area (Å²) in [6.07, 6.45) is 4.97. The summed E-state index contributed by atoms with van der Waals surface area (Å²) in [5, 5.41) is 3.87. The topological polar surface area (TPSA) is 74.5 Å². The Labute approximate surface area is 193 Å². The van der Waals surface area contributed by atoms with Crippen LogP contribution in [0.4, 0.5) is 11.4 Å². The van der Waals surface area contributed by atoms with Crippen LogP contribution in [0, 0.1) is 6.92 Å². The molecule has 3 N–H and O–H groups in total. The largest absolute Gasteiger partial charge is 0.397 e. The number of aryl methyl sites for hydroxylation is 1. The number of piperazine rings is 1. The fourth-order valence-electron chi connectivity index (χ4n) is 4.63. The Morgan fingerprint density at radius 2 is 1.88 bits per heavy atom. The molecule has 1 aromatic carbocycles. The highest BCUT2D eigenvalue weighted by molar-refractivity contribution is 7.21. The third kappa shape index (κ3) is 4.32. The molecule has 5 rings (SSSR count). The van der Waals surface area contributed by atoms with E-state index in [1.165, 1.54) is 54.9 Å². The van der Waals surface area contributed by atoms with Crippen molar-refractivity contribution in [2.45, 2.75) is 38.6 Å². The number of anilines is 2. The highest BCUT2D eigenvalue weighted by Gasteiger charge is 2.27. The van der Waals surface area contributed by atoms with Crippen LogP contribution in [0.25, 0.3) is 10.2 Å². The van der Waals surface area contributed by atoms with E-state index in [-0.39, 0.29) is 5.91 Å². The van der Waals surface area contributed by atoms with Gasteiger partial charge in [0.1, 0.15) is 9.71 Å². The molecule has 1 aliphatic heterocycles. The Morgan fingerprint density at radius 1 is 1.12 bits per heavy atom. The highest BCUT2D eigenvalue weighted by Crippen LogP contribution is 2.32. The number of benzene rings is 1. The van der Waals surface area contributed by atoms with E-state index < -0.39 is 0 Å². The highest BCUT2D eigenvalue weighted by atomic mass is 32.1. The van der Waals surface area contributed by atoms with E-state index in [0.717, 1.165) is 41.5 Å². The van der Waals surface area contributed by atoms with Crippen LogP contribution in [0.3, 0.4) is 0 Å². The molecule has 6 nitrogen and oxygen atoms in total. The summed E-state index contributed by atoms with van der Waals surface area (Å²) < 4.78 is 0. The van der Waals surface area contributed by atoms with Crippen LogP contribution in [0.1, 0.15) is 40.2 Å². The SMILES string of the molecule is Cc1ccc2c(N)c(C(=O)NCCc3ccc(N4CCN(C5CCC5)CC4)cc3)sc2n1. The zero-order valence-corrected chi connectivity index (χ0v) is 19.5. The monoisotopic (exact) mass is 449 g/mol. The second kappa shape index (κ2) is 9.08. The quantitative estimate of drug-likeness (QED) is 0.598. The predicted octanol–water partition coefficient (Wildman–Crippen LogP) is 3.83. The number of nitrogens with two attached hydrogens (primary N) is 1. The minimum absolute atomic E-state index is 0.121. The Morgan fingerprint density at radius 3 is 2.56 bits per heavy atom. The summed E-state index contributed by atoms with van der Waals surface area (Å²) in [6.45, 7) is 7.09. The van der Waals surface area contributed by atoms with Gasteiger partial charge in [-0.2, -0.15) is 0 Å². The van der Waals surface area contributed by atoms with E-state index in [1.807, 2.05) is 19.1 Å². The van der Waals surface area contributed by atoms with Crippen molar-refractivity contribution >= 4 is 38.8 Å². The first-order valence-electron chi connectivity index (χ1n) is 11.6. The van der Waals surface area contributed by atoms with Crippen LogP contribution in [0.15, 0.2) is 36.4 Å². The van der Waals surface area contributed by atoms with Gasteiger partial charge in [0.05, 0.1) is 5.69 Å². The van der Waals surface area contributed by atoms with Crippen molar-refractivity contribution < 1.29 is 4.79 Å². The van der Waals surface area contributed by atoms with Crippen LogP contribution < -0.4 is 16.0 Å². The second-order valence-corrected chi connectivity index (χ2v) is 9.93. The molecule has 1 saturated heterocycles. The molecular weight excluding hydrogens is 418 g/mol. The molecule has 32 heavy (non-hydrogen) atoms. The maximum Gasteiger partial charge on any atom is 0.263 e. The average molecular weight is 450 g/mol. The normalized spacial score (nSPS) is 17.5. The maximum absolute atomic E-state index is 12.7. The lowest BCUT2D eigenvalue weighted by molar-refractivity contribution is 0.0959. The van der Waals surface area contributed by atoms with E-state index >= 15 is 0 Å². The first-order chi connectivity index (χ1) is 15.6. The fourth-order valence-corrected chi connectivity index (χ4v) is 5.69. The standard InChI is InChI=1S/C25H31N5OS/c1-17-5-10-21-22(26)23(32-25(21)28-17)24(31)27-12-11-18-6-8-20(9-7-18)30-15-13-29(14-16-30)19-3-2-4-19/h5-10,19H,2-4,11-16,26H2,1H3,(H,27,31). The van der Waals surface area contributed by atoms with Crippen LogP contribution >= 0.6 is 11.3 Å². The molecule has 0 atom stereocenters. The van der Waals surface area contributed by atoms with Gasteiger partial charge in [-0.25, -0.2) is 4.98 Å². The molecule has 3 aromatic rings. The van der Waals surface area contributed by atoms with Crippen molar-refractivity contribution in [1.29, 1.82) is 0 Å². The molecule has 0 unspecified atom stereocenters. The molecule has 3 heterocycles. The molecule has 1 saturated carbocycles. The molecule has 2 fully saturated rings. The van der Waals surface area contributed by atoms with E-state index in [1.54, 1.807) is 0 Å². The van der Waals surface area contributed by atoms with Gasteiger partial charge in [0.15, 0.2) is 0 Å². The van der Waals surface area contributed by atoms with Gasteiger partial charge in [0, 0.05) is 55.5 Å². The number of rotatable bonds is 6. The number of aromatic nitrogens is 1. The van der Waals surface area contributed by atoms with Crippen molar-refractivity contribution in [3.05, 3.63) is 52.5 Å². The number of amides is 1. The summed E-state index contributed by atoms with van der Waals surface area (Å²) in [7, 11) is 0. The van der Waals surface area contributed by atoms with Crippen LogP contribution in [0.5, 0.6) is 0 Å². The Hall–Kier alpha value is -2.64. The van der Waals surface area contributed by atoms with Gasteiger partial charge in [-0.3, -0.25) is 9.69 Å². The van der Waals surface area contributed by atoms with Crippen LogP contribution in [-0.4, -0.2) is 54.6 Å². The first-order valence-corrected chi connectivity index (χ1v) is 12.4. The summed E-state index contributed by atoms with van der Waals surface area (Å²) >= 11 is 1.36. The summed E-state index contributed by atoms with van der Waals surface area (Å²) in [4.78, 5) is 23.7. The number of hydrogen-bond donors (Lipinski definition) is 2. The van der Waals surface area contributed by atoms with E-state index in [9.17, 15) is 4.79 Å². The predicted molar refractivity (Wildman–Crippen MR) is 133 cm³/mol. The van der Waals surface area contributed by atoms with Gasteiger partial charge < -0.3 is 16.0 Å². The number of thiophene rings is 1. The summed E-state index contributed by atoms with van der Waals surface area (Å²) in [5.41, 5.74) is 10.2. The number of nitrogens with one attached hydrogen (secondary N) is 1. The zero-order chi connectivity index (χ0) is 22.1. The molecular formula is C25H31N5OS. The van der Waals surface area contributed by atoms with Gasteiger partial charge in [-0.15, -0.1) is 11.3 Å². The smallest absolute Gasteiger partial charge is 0.263 e. The molecule has 0 radical (unpaired) electrons. The van der Waals surface area contributed by atoms with Gasteiger partial charge >= 0.3 is 0 Å². The van der Waals surface area contributed by atoms with Crippen molar-refractivity contribution in [2.24, 2.45) is 0 Å². The minimum atomic E-state index is -0.121. The minimum Gasteiger partial charge on any atom is -0.397 e. The Bertz CT molecular complexity index is 1100. The lowest BCUT2D eigenvalue weighted by atomic mass is 9.91. The molecule has 0 bridgehead atoms. The zero-order valence-electron chi connectivity index (χ0n) is 18.6. The first kappa shape index (κ1) is 21.2. The third-order valence-electron chi connectivity index (χ3n) is 6.85. The molecule has 1 amide bonds. The number of nitrogen functional groups attached to an aromatic ring is 1. The lowest BCUT2D eigenvalue weighted by Gasteiger charge is -2.43. The third-order valence-corrected chi connectivity index (χ3v) is 7.96. The summed E-state index contributed by atoms with van der Waals surface area (Å²) in [5.74, 6) is -0.121. The van der Waals surface area contributed by atoms with Crippen LogP contribution in [-0.2, 0) is 6.42 Å². The molecule has 0 spiro atoms. The Kier molecular flexibility index (Phi) is 6.02. The van der Waals surface area contributed by atoms with Gasteiger partial charge in [-0.05, 0) is 56.0 Å². The lowest BCUT2D eigenvalue weighted by Crippen LogP contribution is -2.52. The van der Waals surface area contributed by atoms with E-state index in [2.05, 4.69) is 44.4 Å². The number of pyridine rings is 1. The summed E-state index contributed by atoms with van der Waals surface area (Å²) in [6, 6.07) is 13.5. The van der Waals surface area contributed by atoms with Crippen LogP contribution in [0.2, 0.25) is 0 Å². The van der Waals surface area contributed by atoms with Crippen molar-refractivity contribution in [3.8, 4) is 0 Å².